The molecule has 0 aliphatic heterocycles. The number of benzene rings is 1. The number of carbonyl (C=O) groups excluding carboxylic acids is 1. The van der Waals surface area contributed by atoms with Crippen molar-refractivity contribution in [1.82, 2.24) is 10.4 Å². The van der Waals surface area contributed by atoms with Gasteiger partial charge in [0.2, 0.25) is 0 Å². The summed E-state index contributed by atoms with van der Waals surface area (Å²) in [7, 11) is 1.93. The molecule has 7 heteroatoms. The van der Waals surface area contributed by atoms with Crippen molar-refractivity contribution >= 4 is 23.7 Å². The van der Waals surface area contributed by atoms with Gasteiger partial charge in [-0.1, -0.05) is 60.3 Å². The van der Waals surface area contributed by atoms with Gasteiger partial charge in [0.1, 0.15) is 5.75 Å². The maximum absolute atomic E-state index is 12.1. The predicted molar refractivity (Wildman–Crippen MR) is 153 cm³/mol. The number of rotatable bonds is 13. The van der Waals surface area contributed by atoms with Crippen molar-refractivity contribution < 1.29 is 19.4 Å². The zero-order chi connectivity index (χ0) is 27.0. The lowest BCUT2D eigenvalue weighted by Gasteiger charge is -2.25. The first-order valence-electron chi connectivity index (χ1n) is 12.2. The van der Waals surface area contributed by atoms with Crippen LogP contribution in [0.1, 0.15) is 80.7 Å². The van der Waals surface area contributed by atoms with E-state index in [-0.39, 0.29) is 19.9 Å². The molecule has 0 bridgehead atoms. The number of anilines is 1. The molecule has 0 amide bonds. The van der Waals surface area contributed by atoms with Gasteiger partial charge >= 0.3 is 5.97 Å². The van der Waals surface area contributed by atoms with E-state index in [0.717, 1.165) is 35.4 Å². The summed E-state index contributed by atoms with van der Waals surface area (Å²) in [4.78, 5) is 20.5. The average Bonchev–Trinajstić information content (AvgIpc) is 2.78. The van der Waals surface area contributed by atoms with E-state index in [4.69, 9.17) is 14.6 Å². The number of carbonyl (C=O) groups is 2. The number of ether oxygens (including phenoxy) is 1. The summed E-state index contributed by atoms with van der Waals surface area (Å²) in [6.07, 6.45) is 6.41. The number of hydrogen-bond donors (Lipinski definition) is 3. The molecule has 0 saturated heterocycles. The first-order valence-corrected chi connectivity index (χ1v) is 12.2. The fraction of sp³-hybridized carbons (Fsp3) is 0.517. The number of hydrazine groups is 1. The van der Waals surface area contributed by atoms with E-state index in [9.17, 15) is 4.79 Å². The minimum atomic E-state index is -0.250. The molecule has 3 N–H and O–H groups in total. The molecular weight excluding hydrogens is 454 g/mol. The number of hydrogen-bond acceptors (Lipinski definition) is 6. The Balaban J connectivity index is 0. The van der Waals surface area contributed by atoms with E-state index < -0.39 is 0 Å². The molecule has 7 nitrogen and oxygen atoms in total. The number of nitrogens with zero attached hydrogens (tertiary/aromatic N) is 1. The molecule has 0 spiro atoms. The van der Waals surface area contributed by atoms with Crippen LogP contribution in [0.15, 0.2) is 48.3 Å². The molecule has 36 heavy (non-hydrogen) atoms. The molecule has 1 aromatic carbocycles. The van der Waals surface area contributed by atoms with E-state index >= 15 is 0 Å². The van der Waals surface area contributed by atoms with Crippen LogP contribution in [0, 0.1) is 11.8 Å². The molecule has 0 heterocycles. The van der Waals surface area contributed by atoms with Gasteiger partial charge in [0.25, 0.3) is 6.47 Å². The lowest BCUT2D eigenvalue weighted by Crippen LogP contribution is -2.34. The molecule has 1 rings (SSSR count). The highest BCUT2D eigenvalue weighted by molar-refractivity contribution is 5.77. The van der Waals surface area contributed by atoms with Crippen LogP contribution in [-0.4, -0.2) is 36.1 Å². The maximum Gasteiger partial charge on any atom is 0.311 e. The molecule has 1 unspecified atom stereocenters. The molecule has 1 aromatic rings. The Kier molecular flexibility index (Phi) is 18.7. The highest BCUT2D eigenvalue weighted by Crippen LogP contribution is 2.29. The quantitative estimate of drug-likeness (QED) is 0.114. The third-order valence-electron chi connectivity index (χ3n) is 5.58. The predicted octanol–water partition coefficient (Wildman–Crippen LogP) is 7.10. The standard InChI is InChI=1S/C27H43N3O2.CH2O2.CH4/c1-10-12-24(18-30(28-9)17-21(7)22(8)19(3)4)29-23-14-15-25(20(5)6)26(16-23)32-27(31)13-11-2;2-1-3;/h12,14-17,19,22,28-29H,5,10-11,13,18H2,1-4,6-9H3;1H,(H,2,3);1H4/b21-17+,24-12+;;. The summed E-state index contributed by atoms with van der Waals surface area (Å²) in [5, 5.41) is 12.5. The molecule has 0 radical (unpaired) electrons. The largest absolute Gasteiger partial charge is 0.483 e. The minimum Gasteiger partial charge on any atom is -0.483 e. The van der Waals surface area contributed by atoms with Gasteiger partial charge in [0, 0.05) is 42.7 Å². The van der Waals surface area contributed by atoms with Crippen LogP contribution in [0.5, 0.6) is 5.75 Å². The number of allylic oxidation sites excluding steroid dienone is 3. The topological polar surface area (TPSA) is 90.9 Å². The number of nitrogens with one attached hydrogen (secondary N) is 2. The average molecular weight is 504 g/mol. The van der Waals surface area contributed by atoms with E-state index in [1.54, 1.807) is 0 Å². The van der Waals surface area contributed by atoms with Crippen LogP contribution in [0.4, 0.5) is 5.69 Å². The summed E-state index contributed by atoms with van der Waals surface area (Å²) in [5.41, 5.74) is 8.26. The third-order valence-corrected chi connectivity index (χ3v) is 5.58. The van der Waals surface area contributed by atoms with Crippen molar-refractivity contribution in [2.45, 2.75) is 75.2 Å². The van der Waals surface area contributed by atoms with Crippen molar-refractivity contribution in [1.29, 1.82) is 0 Å². The second-order valence-electron chi connectivity index (χ2n) is 8.84. The molecule has 0 aliphatic carbocycles. The summed E-state index contributed by atoms with van der Waals surface area (Å²) in [5.74, 6) is 1.42. The summed E-state index contributed by atoms with van der Waals surface area (Å²) in [6, 6.07) is 5.83. The normalized spacial score (nSPS) is 12.0. The molecule has 1 atom stereocenters. The Morgan fingerprint density at radius 3 is 2.31 bits per heavy atom. The van der Waals surface area contributed by atoms with Gasteiger partial charge in [-0.2, -0.15) is 0 Å². The van der Waals surface area contributed by atoms with E-state index in [1.807, 2.05) is 39.1 Å². The molecule has 0 fully saturated rings. The van der Waals surface area contributed by atoms with Crippen molar-refractivity contribution in [3.63, 3.8) is 0 Å². The monoisotopic (exact) mass is 503 g/mol. The Morgan fingerprint density at radius 1 is 1.22 bits per heavy atom. The fourth-order valence-electron chi connectivity index (χ4n) is 3.26. The van der Waals surface area contributed by atoms with Gasteiger partial charge in [-0.05, 0) is 56.2 Å². The SMILES string of the molecule is C.C=C(C)c1ccc(N/C(=C/CC)CN(/C=C(\C)C(C)C(C)C)NC)cc1OC(=O)CCC.O=CO. The van der Waals surface area contributed by atoms with Crippen molar-refractivity contribution in [2.75, 3.05) is 18.9 Å². The van der Waals surface area contributed by atoms with Gasteiger partial charge in [0.15, 0.2) is 0 Å². The van der Waals surface area contributed by atoms with Crippen LogP contribution in [0.3, 0.4) is 0 Å². The number of carboxylic acid groups (broad SMARTS) is 1. The highest BCUT2D eigenvalue weighted by Gasteiger charge is 2.13. The Hall–Kier alpha value is -3.06. The lowest BCUT2D eigenvalue weighted by atomic mass is 9.91. The molecule has 204 valence electrons. The maximum atomic E-state index is 12.1. The van der Waals surface area contributed by atoms with Crippen LogP contribution < -0.4 is 15.5 Å². The van der Waals surface area contributed by atoms with Crippen LogP contribution in [0.2, 0.25) is 0 Å². The summed E-state index contributed by atoms with van der Waals surface area (Å²) in [6.45, 7) is 19.4. The zero-order valence-corrected chi connectivity index (χ0v) is 22.8. The highest BCUT2D eigenvalue weighted by atomic mass is 16.5. The minimum absolute atomic E-state index is 0. The van der Waals surface area contributed by atoms with E-state index in [1.165, 1.54) is 5.57 Å². The zero-order valence-electron chi connectivity index (χ0n) is 22.8. The number of esters is 1. The molecule has 0 saturated carbocycles. The second-order valence-corrected chi connectivity index (χ2v) is 8.84. The van der Waals surface area contributed by atoms with Crippen LogP contribution in [0.25, 0.3) is 5.57 Å². The second kappa shape index (κ2) is 19.2. The van der Waals surface area contributed by atoms with Crippen LogP contribution >= 0.6 is 0 Å². The lowest BCUT2D eigenvalue weighted by molar-refractivity contribution is -0.134. The van der Waals surface area contributed by atoms with E-state index in [2.05, 4.69) is 69.2 Å². The molecule has 0 aliphatic rings. The van der Waals surface area contributed by atoms with E-state index in [0.29, 0.717) is 30.6 Å². The van der Waals surface area contributed by atoms with Gasteiger partial charge in [-0.15, -0.1) is 0 Å². The fourth-order valence-corrected chi connectivity index (χ4v) is 3.26. The van der Waals surface area contributed by atoms with Gasteiger partial charge in [-0.3, -0.25) is 9.59 Å². The smallest absolute Gasteiger partial charge is 0.311 e. The van der Waals surface area contributed by atoms with Crippen LogP contribution in [-0.2, 0) is 9.59 Å². The van der Waals surface area contributed by atoms with Gasteiger partial charge in [0.05, 0.1) is 6.54 Å². The van der Waals surface area contributed by atoms with Crippen molar-refractivity contribution in [2.24, 2.45) is 11.8 Å². The molecular formula is C29H49N3O4. The molecule has 0 aromatic heterocycles. The summed E-state index contributed by atoms with van der Waals surface area (Å²) < 4.78 is 5.64. The van der Waals surface area contributed by atoms with Crippen molar-refractivity contribution in [3.8, 4) is 5.75 Å². The first-order chi connectivity index (χ1) is 16.5. The summed E-state index contributed by atoms with van der Waals surface area (Å²) >= 11 is 0. The van der Waals surface area contributed by atoms with Crippen molar-refractivity contribution in [3.05, 3.63) is 53.9 Å². The van der Waals surface area contributed by atoms with Gasteiger partial charge in [-0.25, -0.2) is 5.43 Å². The Bertz CT molecular complexity index is 875. The Labute approximate surface area is 219 Å². The first kappa shape index (κ1) is 35.1. The van der Waals surface area contributed by atoms with Gasteiger partial charge < -0.3 is 20.2 Å². The third kappa shape index (κ3) is 13.1. The Morgan fingerprint density at radius 2 is 1.83 bits per heavy atom.